The van der Waals surface area contributed by atoms with Gasteiger partial charge in [-0.05, 0) is 0 Å². The Morgan fingerprint density at radius 2 is 1.60 bits per heavy atom. The van der Waals surface area contributed by atoms with E-state index in [1.807, 2.05) is 0 Å². The molecule has 10 nitrogen and oxygen atoms in total. The monoisotopic (exact) mass is 282 g/mol. The molecule has 108 valence electrons. The highest BCUT2D eigenvalue weighted by Crippen LogP contribution is 2.40. The van der Waals surface area contributed by atoms with E-state index in [1.54, 1.807) is 7.05 Å². The van der Waals surface area contributed by atoms with Crippen LogP contribution in [0, 0.1) is 10.1 Å². The predicted octanol–water partition coefficient (Wildman–Crippen LogP) is 0.328. The molecule has 2 aromatic heterocycles. The predicted molar refractivity (Wildman–Crippen MR) is 69.6 cm³/mol. The number of ether oxygens (including phenoxy) is 2. The molecule has 0 aromatic carbocycles. The molecular formula is C10H14N6O4. The van der Waals surface area contributed by atoms with E-state index in [1.165, 1.54) is 30.6 Å². The van der Waals surface area contributed by atoms with Gasteiger partial charge in [0.05, 0.1) is 19.1 Å². The van der Waals surface area contributed by atoms with Crippen LogP contribution in [0.15, 0.2) is 0 Å². The first-order valence-corrected chi connectivity index (χ1v) is 5.54. The second-order valence-electron chi connectivity index (χ2n) is 3.98. The fraction of sp³-hybridized carbons (Fsp3) is 0.400. The number of hydrogen-bond acceptors (Lipinski definition) is 7. The van der Waals surface area contributed by atoms with Gasteiger partial charge in [-0.1, -0.05) is 0 Å². The van der Waals surface area contributed by atoms with Gasteiger partial charge in [0.1, 0.15) is 11.4 Å². The minimum atomic E-state index is -0.582. The molecule has 0 fully saturated rings. The van der Waals surface area contributed by atoms with Gasteiger partial charge in [0.25, 0.3) is 5.88 Å². The van der Waals surface area contributed by atoms with Crippen LogP contribution in [-0.2, 0) is 14.1 Å². The molecule has 2 rings (SSSR count). The van der Waals surface area contributed by atoms with Gasteiger partial charge >= 0.3 is 5.69 Å². The molecule has 0 atom stereocenters. The molecule has 0 saturated heterocycles. The van der Waals surface area contributed by atoms with Crippen molar-refractivity contribution in [3.05, 3.63) is 10.1 Å². The number of nitro groups is 1. The highest BCUT2D eigenvalue weighted by molar-refractivity contribution is 5.81. The molecule has 20 heavy (non-hydrogen) atoms. The zero-order valence-corrected chi connectivity index (χ0v) is 11.4. The summed E-state index contributed by atoms with van der Waals surface area (Å²) in [5.74, 6) is 0.327. The van der Waals surface area contributed by atoms with Crippen LogP contribution >= 0.6 is 0 Å². The number of nitrogens with zero attached hydrogens (tertiary/aromatic N) is 5. The lowest BCUT2D eigenvalue weighted by Gasteiger charge is -1.99. The van der Waals surface area contributed by atoms with Crippen LogP contribution in [0.25, 0.3) is 11.4 Å². The van der Waals surface area contributed by atoms with Crippen LogP contribution in [0.2, 0.25) is 0 Å². The zero-order valence-electron chi connectivity index (χ0n) is 11.4. The number of nitrogen functional groups attached to an aromatic ring is 1. The lowest BCUT2D eigenvalue weighted by Crippen LogP contribution is -1.97. The standard InChI is InChI=1S/C10H14N6O4/c1-14-9(19-3)5(11)6(12-14)7-8(16(17)18)10(20-4)15(2)13-7/h11H2,1-4H3. The van der Waals surface area contributed by atoms with Gasteiger partial charge in [0.2, 0.25) is 5.88 Å². The van der Waals surface area contributed by atoms with E-state index in [2.05, 4.69) is 10.2 Å². The van der Waals surface area contributed by atoms with Gasteiger partial charge in [-0.3, -0.25) is 10.1 Å². The van der Waals surface area contributed by atoms with Crippen molar-refractivity contribution in [2.45, 2.75) is 0 Å². The molecule has 0 radical (unpaired) electrons. The average Bonchev–Trinajstić information content (AvgIpc) is 2.86. The maximum atomic E-state index is 11.2. The molecule has 2 aromatic rings. The lowest BCUT2D eigenvalue weighted by atomic mass is 10.2. The normalized spacial score (nSPS) is 10.6. The Morgan fingerprint density at radius 3 is 2.05 bits per heavy atom. The average molecular weight is 282 g/mol. The number of aryl methyl sites for hydroxylation is 2. The van der Waals surface area contributed by atoms with Crippen molar-refractivity contribution in [3.63, 3.8) is 0 Å². The van der Waals surface area contributed by atoms with E-state index in [0.717, 1.165) is 0 Å². The van der Waals surface area contributed by atoms with Crippen LogP contribution in [-0.4, -0.2) is 38.7 Å². The number of nitrogens with two attached hydrogens (primary N) is 1. The second kappa shape index (κ2) is 4.72. The van der Waals surface area contributed by atoms with Gasteiger partial charge in [-0.2, -0.15) is 10.2 Å². The molecule has 0 spiro atoms. The molecule has 2 N–H and O–H groups in total. The van der Waals surface area contributed by atoms with Crippen molar-refractivity contribution in [1.82, 2.24) is 19.6 Å². The highest BCUT2D eigenvalue weighted by atomic mass is 16.6. The number of anilines is 1. The zero-order chi connectivity index (χ0) is 15.0. The Kier molecular flexibility index (Phi) is 3.22. The fourth-order valence-corrected chi connectivity index (χ4v) is 1.99. The first-order chi connectivity index (χ1) is 9.42. The van der Waals surface area contributed by atoms with E-state index in [4.69, 9.17) is 15.2 Å². The summed E-state index contributed by atoms with van der Waals surface area (Å²) >= 11 is 0. The summed E-state index contributed by atoms with van der Waals surface area (Å²) in [6, 6.07) is 0. The fourth-order valence-electron chi connectivity index (χ4n) is 1.99. The minimum Gasteiger partial charge on any atom is -0.480 e. The summed E-state index contributed by atoms with van der Waals surface area (Å²) in [6.45, 7) is 0. The topological polar surface area (TPSA) is 123 Å². The quantitative estimate of drug-likeness (QED) is 0.632. The van der Waals surface area contributed by atoms with Crippen LogP contribution in [0.4, 0.5) is 11.4 Å². The maximum Gasteiger partial charge on any atom is 0.360 e. The molecular weight excluding hydrogens is 268 g/mol. The Bertz CT molecular complexity index is 674. The van der Waals surface area contributed by atoms with Gasteiger partial charge in [-0.25, -0.2) is 9.36 Å². The molecule has 0 aliphatic heterocycles. The Hall–Kier alpha value is -2.78. The van der Waals surface area contributed by atoms with Gasteiger partial charge < -0.3 is 15.2 Å². The Labute approximate surface area is 113 Å². The third kappa shape index (κ3) is 1.81. The van der Waals surface area contributed by atoms with Crippen LogP contribution in [0.5, 0.6) is 11.8 Å². The van der Waals surface area contributed by atoms with E-state index in [9.17, 15) is 10.1 Å². The number of methoxy groups -OCH3 is 2. The largest absolute Gasteiger partial charge is 0.480 e. The smallest absolute Gasteiger partial charge is 0.360 e. The second-order valence-corrected chi connectivity index (χ2v) is 3.98. The molecule has 0 bridgehead atoms. The van der Waals surface area contributed by atoms with E-state index < -0.39 is 4.92 Å². The van der Waals surface area contributed by atoms with Gasteiger partial charge in [0.15, 0.2) is 5.69 Å². The van der Waals surface area contributed by atoms with Crippen LogP contribution in [0.1, 0.15) is 0 Å². The first-order valence-electron chi connectivity index (χ1n) is 5.54. The SMILES string of the molecule is COc1c(N)c(-c2nn(C)c(OC)c2[N+](=O)[O-])nn1C. The molecule has 0 unspecified atom stereocenters. The van der Waals surface area contributed by atoms with Crippen molar-refractivity contribution in [3.8, 4) is 23.1 Å². The van der Waals surface area contributed by atoms with Crippen LogP contribution < -0.4 is 15.2 Å². The van der Waals surface area contributed by atoms with Gasteiger partial charge in [-0.15, -0.1) is 0 Å². The van der Waals surface area contributed by atoms with Crippen molar-refractivity contribution >= 4 is 11.4 Å². The third-order valence-electron chi connectivity index (χ3n) is 2.79. The van der Waals surface area contributed by atoms with Crippen molar-refractivity contribution in [1.29, 1.82) is 0 Å². The molecule has 0 saturated carbocycles. The summed E-state index contributed by atoms with van der Waals surface area (Å²) in [5, 5.41) is 19.4. The molecule has 0 amide bonds. The Morgan fingerprint density at radius 1 is 1.10 bits per heavy atom. The lowest BCUT2D eigenvalue weighted by molar-refractivity contribution is -0.385. The Balaban J connectivity index is 2.73. The van der Waals surface area contributed by atoms with E-state index in [0.29, 0.717) is 5.88 Å². The molecule has 0 aliphatic rings. The molecule has 2 heterocycles. The number of hydrogen-bond donors (Lipinski definition) is 1. The van der Waals surface area contributed by atoms with Gasteiger partial charge in [0, 0.05) is 14.1 Å². The highest BCUT2D eigenvalue weighted by Gasteiger charge is 2.32. The van der Waals surface area contributed by atoms with Crippen molar-refractivity contribution in [2.75, 3.05) is 20.0 Å². The summed E-state index contributed by atoms with van der Waals surface area (Å²) in [4.78, 5) is 10.6. The summed E-state index contributed by atoms with van der Waals surface area (Å²) < 4.78 is 12.7. The number of rotatable bonds is 4. The molecule has 0 aliphatic carbocycles. The molecule has 10 heteroatoms. The van der Waals surface area contributed by atoms with E-state index >= 15 is 0 Å². The maximum absolute atomic E-state index is 11.2. The third-order valence-corrected chi connectivity index (χ3v) is 2.79. The van der Waals surface area contributed by atoms with Crippen molar-refractivity contribution < 1.29 is 14.4 Å². The summed E-state index contributed by atoms with van der Waals surface area (Å²) in [7, 11) is 5.91. The van der Waals surface area contributed by atoms with Crippen molar-refractivity contribution in [2.24, 2.45) is 14.1 Å². The number of aromatic nitrogens is 4. The summed E-state index contributed by atoms with van der Waals surface area (Å²) in [5.41, 5.74) is 5.99. The van der Waals surface area contributed by atoms with E-state index in [-0.39, 0.29) is 28.6 Å². The summed E-state index contributed by atoms with van der Waals surface area (Å²) in [6.07, 6.45) is 0. The van der Waals surface area contributed by atoms with Crippen LogP contribution in [0.3, 0.4) is 0 Å². The first kappa shape index (κ1) is 13.6. The minimum absolute atomic E-state index is 0.0222.